The number of hydrogen-bond acceptors (Lipinski definition) is 3. The summed E-state index contributed by atoms with van der Waals surface area (Å²) in [6, 6.07) is 1.19. The van der Waals surface area contributed by atoms with Gasteiger partial charge in [-0.25, -0.2) is 0 Å². The highest BCUT2D eigenvalue weighted by Crippen LogP contribution is 2.07. The van der Waals surface area contributed by atoms with Crippen LogP contribution in [0.5, 0.6) is 0 Å². The molecular formula is C8H21NO2Si. The van der Waals surface area contributed by atoms with Gasteiger partial charge >= 0.3 is 0 Å². The average Bonchev–Trinajstić information content (AvgIpc) is 1.94. The summed E-state index contributed by atoms with van der Waals surface area (Å²) >= 11 is 0. The van der Waals surface area contributed by atoms with E-state index in [-0.39, 0.29) is 0 Å². The second-order valence-electron chi connectivity index (χ2n) is 4.03. The lowest BCUT2D eigenvalue weighted by molar-refractivity contribution is -0.0465. The lowest BCUT2D eigenvalue weighted by atomic mass is 10.7. The van der Waals surface area contributed by atoms with Gasteiger partial charge in [0.05, 0.1) is 6.61 Å². The third-order valence-electron chi connectivity index (χ3n) is 1.43. The van der Waals surface area contributed by atoms with Crippen molar-refractivity contribution in [2.24, 2.45) is 5.73 Å². The average molecular weight is 191 g/mol. The molecule has 0 saturated heterocycles. The third-order valence-corrected chi connectivity index (χ3v) is 3.13. The van der Waals surface area contributed by atoms with Crippen LogP contribution in [-0.4, -0.2) is 34.6 Å². The van der Waals surface area contributed by atoms with Crippen molar-refractivity contribution in [3.8, 4) is 0 Å². The van der Waals surface area contributed by atoms with Gasteiger partial charge in [0.1, 0.15) is 6.79 Å². The molecule has 0 aliphatic carbocycles. The maximum absolute atomic E-state index is 5.27. The van der Waals surface area contributed by atoms with Crippen molar-refractivity contribution in [1.82, 2.24) is 0 Å². The van der Waals surface area contributed by atoms with Crippen LogP contribution in [0.3, 0.4) is 0 Å². The summed E-state index contributed by atoms with van der Waals surface area (Å²) in [5.74, 6) is 0. The Kier molecular flexibility index (Phi) is 6.65. The van der Waals surface area contributed by atoms with Crippen LogP contribution in [0.4, 0.5) is 0 Å². The van der Waals surface area contributed by atoms with Crippen LogP contribution in [0.1, 0.15) is 0 Å². The Hall–Kier alpha value is 0.0969. The van der Waals surface area contributed by atoms with Crippen LogP contribution in [0.15, 0.2) is 0 Å². The van der Waals surface area contributed by atoms with E-state index in [0.717, 1.165) is 6.61 Å². The molecule has 0 aliphatic rings. The molecule has 0 unspecified atom stereocenters. The van der Waals surface area contributed by atoms with Crippen LogP contribution in [0.2, 0.25) is 25.7 Å². The Bertz CT molecular complexity index is 104. The van der Waals surface area contributed by atoms with Gasteiger partial charge in [-0.1, -0.05) is 19.6 Å². The van der Waals surface area contributed by atoms with Crippen LogP contribution >= 0.6 is 0 Å². The van der Waals surface area contributed by atoms with E-state index in [9.17, 15) is 0 Å². The van der Waals surface area contributed by atoms with Crippen molar-refractivity contribution < 1.29 is 9.47 Å². The van der Waals surface area contributed by atoms with Crippen molar-refractivity contribution in [3.63, 3.8) is 0 Å². The van der Waals surface area contributed by atoms with E-state index < -0.39 is 8.07 Å². The smallest absolute Gasteiger partial charge is 0.146 e. The minimum absolute atomic E-state index is 0.391. The van der Waals surface area contributed by atoms with E-state index >= 15 is 0 Å². The van der Waals surface area contributed by atoms with E-state index in [2.05, 4.69) is 19.6 Å². The summed E-state index contributed by atoms with van der Waals surface area (Å²) in [5.41, 5.74) is 5.24. The Morgan fingerprint density at radius 3 is 2.17 bits per heavy atom. The van der Waals surface area contributed by atoms with Gasteiger partial charge in [-0.2, -0.15) is 0 Å². The number of rotatable bonds is 7. The molecule has 0 atom stereocenters. The molecule has 0 aromatic rings. The Labute approximate surface area is 76.2 Å². The number of hydrogen-bond donors (Lipinski definition) is 1. The predicted molar refractivity (Wildman–Crippen MR) is 54.0 cm³/mol. The summed E-state index contributed by atoms with van der Waals surface area (Å²) in [6.07, 6.45) is 0. The van der Waals surface area contributed by atoms with E-state index in [4.69, 9.17) is 15.2 Å². The van der Waals surface area contributed by atoms with Crippen molar-refractivity contribution in [1.29, 1.82) is 0 Å². The monoisotopic (exact) mass is 191 g/mol. The molecule has 0 aliphatic heterocycles. The fourth-order valence-corrected chi connectivity index (χ4v) is 1.40. The molecule has 0 fully saturated rings. The lowest BCUT2D eigenvalue weighted by Gasteiger charge is -2.15. The molecule has 2 N–H and O–H groups in total. The second kappa shape index (κ2) is 6.60. The zero-order valence-electron chi connectivity index (χ0n) is 8.43. The second-order valence-corrected chi connectivity index (χ2v) is 9.66. The molecule has 0 heterocycles. The van der Waals surface area contributed by atoms with Crippen molar-refractivity contribution in [2.75, 3.05) is 26.6 Å². The van der Waals surface area contributed by atoms with Gasteiger partial charge in [0.2, 0.25) is 0 Å². The largest absolute Gasteiger partial charge is 0.356 e. The Balaban J connectivity index is 3.01. The standard InChI is InChI=1S/C8H21NO2Si/c1-12(2,3)7-6-11-8-10-5-4-9/h4-9H2,1-3H3. The summed E-state index contributed by atoms with van der Waals surface area (Å²) in [5, 5.41) is 0. The molecule has 0 aromatic heterocycles. The third kappa shape index (κ3) is 10.1. The highest BCUT2D eigenvalue weighted by Gasteiger charge is 2.11. The highest BCUT2D eigenvalue weighted by molar-refractivity contribution is 6.76. The minimum atomic E-state index is -0.931. The highest BCUT2D eigenvalue weighted by atomic mass is 28.3. The van der Waals surface area contributed by atoms with E-state index in [1.807, 2.05) is 0 Å². The molecule has 0 spiro atoms. The molecular weight excluding hydrogens is 170 g/mol. The van der Waals surface area contributed by atoms with E-state index in [1.165, 1.54) is 6.04 Å². The first-order valence-electron chi connectivity index (χ1n) is 4.42. The zero-order valence-corrected chi connectivity index (χ0v) is 9.43. The zero-order chi connectivity index (χ0) is 9.45. The van der Waals surface area contributed by atoms with Crippen molar-refractivity contribution in [3.05, 3.63) is 0 Å². The first-order valence-corrected chi connectivity index (χ1v) is 8.12. The fourth-order valence-electron chi connectivity index (χ4n) is 0.638. The van der Waals surface area contributed by atoms with Crippen LogP contribution in [0, 0.1) is 0 Å². The maximum Gasteiger partial charge on any atom is 0.146 e. The molecule has 0 aromatic carbocycles. The molecule has 0 bridgehead atoms. The molecule has 0 rings (SSSR count). The Morgan fingerprint density at radius 2 is 1.67 bits per heavy atom. The van der Waals surface area contributed by atoms with E-state index in [0.29, 0.717) is 19.9 Å². The predicted octanol–water partition coefficient (Wildman–Crippen LogP) is 1.27. The van der Waals surface area contributed by atoms with Crippen LogP contribution in [-0.2, 0) is 9.47 Å². The van der Waals surface area contributed by atoms with Crippen molar-refractivity contribution >= 4 is 8.07 Å². The fraction of sp³-hybridized carbons (Fsp3) is 1.00. The first-order chi connectivity index (χ1) is 5.56. The van der Waals surface area contributed by atoms with Gasteiger partial charge < -0.3 is 15.2 Å². The maximum atomic E-state index is 5.27. The summed E-state index contributed by atoms with van der Waals surface area (Å²) in [4.78, 5) is 0. The molecule has 12 heavy (non-hydrogen) atoms. The lowest BCUT2D eigenvalue weighted by Crippen LogP contribution is -2.22. The van der Waals surface area contributed by atoms with Crippen LogP contribution in [0.25, 0.3) is 0 Å². The summed E-state index contributed by atoms with van der Waals surface area (Å²) < 4.78 is 10.3. The van der Waals surface area contributed by atoms with E-state index in [1.54, 1.807) is 0 Å². The molecule has 0 amide bonds. The molecule has 0 radical (unpaired) electrons. The van der Waals surface area contributed by atoms with Gasteiger partial charge in [0.25, 0.3) is 0 Å². The quantitative estimate of drug-likeness (QED) is 0.374. The minimum Gasteiger partial charge on any atom is -0.356 e. The SMILES string of the molecule is C[Si](C)(C)CCOCOCCN. The molecule has 4 heteroatoms. The normalized spacial score (nSPS) is 12.0. The first kappa shape index (κ1) is 12.1. The molecule has 3 nitrogen and oxygen atoms in total. The van der Waals surface area contributed by atoms with Gasteiger partial charge in [-0.05, 0) is 6.04 Å². The number of ether oxygens (including phenoxy) is 2. The van der Waals surface area contributed by atoms with Gasteiger partial charge in [-0.3, -0.25) is 0 Å². The summed E-state index contributed by atoms with van der Waals surface area (Å²) in [7, 11) is -0.931. The van der Waals surface area contributed by atoms with Crippen molar-refractivity contribution in [2.45, 2.75) is 25.7 Å². The Morgan fingerprint density at radius 1 is 1.08 bits per heavy atom. The topological polar surface area (TPSA) is 44.5 Å². The van der Waals surface area contributed by atoms with Crippen LogP contribution < -0.4 is 5.73 Å². The molecule has 0 saturated carbocycles. The molecule has 74 valence electrons. The van der Waals surface area contributed by atoms with Gasteiger partial charge in [-0.15, -0.1) is 0 Å². The van der Waals surface area contributed by atoms with Gasteiger partial charge in [0.15, 0.2) is 0 Å². The number of nitrogens with two attached hydrogens (primary N) is 1. The summed E-state index contributed by atoms with van der Waals surface area (Å²) in [6.45, 7) is 9.36. The van der Waals surface area contributed by atoms with Gasteiger partial charge in [0, 0.05) is 21.2 Å².